The van der Waals surface area contributed by atoms with E-state index in [0.717, 1.165) is 40.8 Å². The van der Waals surface area contributed by atoms with Gasteiger partial charge in [-0.15, -0.1) is 4.72 Å². The Bertz CT molecular complexity index is 847. The van der Waals surface area contributed by atoms with Crippen molar-refractivity contribution in [1.29, 1.82) is 0 Å². The van der Waals surface area contributed by atoms with Crippen LogP contribution in [0.25, 0.3) is 0 Å². The maximum Gasteiger partial charge on any atom is 0.276 e. The number of hydrogen-bond acceptors (Lipinski definition) is 4. The Morgan fingerprint density at radius 3 is 2.85 bits per heavy atom. The SMILES string of the molecule is Cc1c(Br)cccc1NC(=O)c1cc2n(n1)CCC[C@@H]2N[S+]([O-])C(C)(C)C. The lowest BCUT2D eigenvalue weighted by atomic mass is 10.1. The molecule has 3 rings (SSSR count). The maximum absolute atomic E-state index is 12.7. The van der Waals surface area contributed by atoms with Gasteiger partial charge in [0.2, 0.25) is 0 Å². The van der Waals surface area contributed by atoms with E-state index in [1.54, 1.807) is 6.07 Å². The molecule has 1 aromatic carbocycles. The predicted octanol–water partition coefficient (Wildman–Crippen LogP) is 4.09. The number of nitrogens with zero attached hydrogens (tertiary/aromatic N) is 2. The average molecular weight is 453 g/mol. The van der Waals surface area contributed by atoms with Gasteiger partial charge in [0, 0.05) is 28.1 Å². The second kappa shape index (κ2) is 7.95. The molecule has 0 bridgehead atoms. The van der Waals surface area contributed by atoms with E-state index >= 15 is 0 Å². The number of nitrogens with one attached hydrogen (secondary N) is 2. The van der Waals surface area contributed by atoms with Crippen LogP contribution in [0.1, 0.15) is 61.4 Å². The Kier molecular flexibility index (Phi) is 6.00. The van der Waals surface area contributed by atoms with Gasteiger partial charge in [-0.2, -0.15) is 5.10 Å². The Morgan fingerprint density at radius 2 is 2.15 bits per heavy atom. The third-order valence-electron chi connectivity index (χ3n) is 4.58. The minimum atomic E-state index is -1.18. The third-order valence-corrected chi connectivity index (χ3v) is 7.05. The highest BCUT2D eigenvalue weighted by Crippen LogP contribution is 2.29. The fourth-order valence-electron chi connectivity index (χ4n) is 2.95. The highest BCUT2D eigenvalue weighted by atomic mass is 79.9. The zero-order chi connectivity index (χ0) is 19.8. The van der Waals surface area contributed by atoms with Crippen LogP contribution in [-0.2, 0) is 17.9 Å². The van der Waals surface area contributed by atoms with Crippen molar-refractivity contribution in [1.82, 2.24) is 14.5 Å². The molecular formula is C19H25BrN4O2S. The molecule has 1 aliphatic rings. The molecule has 0 spiro atoms. The Labute approximate surface area is 171 Å². The summed E-state index contributed by atoms with van der Waals surface area (Å²) in [4.78, 5) is 12.7. The molecule has 2 aromatic rings. The molecule has 0 saturated heterocycles. The van der Waals surface area contributed by atoms with Gasteiger partial charge in [0.05, 0.1) is 11.7 Å². The number of aryl methyl sites for hydroxylation is 1. The first-order chi connectivity index (χ1) is 12.7. The van der Waals surface area contributed by atoms with Crippen molar-refractivity contribution < 1.29 is 9.35 Å². The minimum Gasteiger partial charge on any atom is -0.598 e. The summed E-state index contributed by atoms with van der Waals surface area (Å²) >= 11 is 2.30. The molecule has 0 radical (unpaired) electrons. The summed E-state index contributed by atoms with van der Waals surface area (Å²) in [7, 11) is 0. The van der Waals surface area contributed by atoms with Gasteiger partial charge in [-0.25, -0.2) is 0 Å². The Morgan fingerprint density at radius 1 is 1.41 bits per heavy atom. The number of aromatic nitrogens is 2. The van der Waals surface area contributed by atoms with Crippen molar-refractivity contribution in [2.75, 3.05) is 5.32 Å². The van der Waals surface area contributed by atoms with Crippen LogP contribution in [0.3, 0.4) is 0 Å². The molecule has 1 aliphatic heterocycles. The maximum atomic E-state index is 12.7. The van der Waals surface area contributed by atoms with E-state index in [1.807, 2.05) is 50.6 Å². The van der Waals surface area contributed by atoms with Crippen molar-refractivity contribution in [2.24, 2.45) is 0 Å². The third kappa shape index (κ3) is 4.56. The van der Waals surface area contributed by atoms with Gasteiger partial charge in [0.25, 0.3) is 5.91 Å². The van der Waals surface area contributed by atoms with Gasteiger partial charge in [-0.05, 0) is 64.3 Å². The molecule has 1 unspecified atom stereocenters. The number of amides is 1. The summed E-state index contributed by atoms with van der Waals surface area (Å²) in [6.45, 7) is 8.53. The number of rotatable bonds is 4. The molecule has 2 heterocycles. The lowest BCUT2D eigenvalue weighted by Gasteiger charge is -2.30. The van der Waals surface area contributed by atoms with Crippen LogP contribution in [0.4, 0.5) is 5.69 Å². The second-order valence-electron chi connectivity index (χ2n) is 7.74. The largest absolute Gasteiger partial charge is 0.598 e. The van der Waals surface area contributed by atoms with Gasteiger partial charge >= 0.3 is 0 Å². The van der Waals surface area contributed by atoms with Crippen molar-refractivity contribution >= 4 is 38.9 Å². The van der Waals surface area contributed by atoms with Crippen LogP contribution in [-0.4, -0.2) is 25.0 Å². The van der Waals surface area contributed by atoms with Crippen LogP contribution < -0.4 is 10.0 Å². The van der Waals surface area contributed by atoms with Gasteiger partial charge in [0.15, 0.2) is 5.69 Å². The Hall–Kier alpha value is -1.35. The van der Waals surface area contributed by atoms with E-state index in [0.29, 0.717) is 5.69 Å². The van der Waals surface area contributed by atoms with E-state index in [1.165, 1.54) is 0 Å². The molecule has 8 heteroatoms. The first-order valence-electron chi connectivity index (χ1n) is 8.99. The van der Waals surface area contributed by atoms with E-state index in [4.69, 9.17) is 0 Å². The number of benzene rings is 1. The fraction of sp³-hybridized carbons (Fsp3) is 0.474. The monoisotopic (exact) mass is 452 g/mol. The number of carbonyl (C=O) groups excluding carboxylic acids is 1. The van der Waals surface area contributed by atoms with Gasteiger partial charge in [0.1, 0.15) is 4.75 Å². The van der Waals surface area contributed by atoms with E-state index in [-0.39, 0.29) is 16.7 Å². The van der Waals surface area contributed by atoms with Crippen LogP contribution >= 0.6 is 15.9 Å². The summed E-state index contributed by atoms with van der Waals surface area (Å²) in [5.74, 6) is -0.242. The predicted molar refractivity (Wildman–Crippen MR) is 112 cm³/mol. The molecule has 0 aliphatic carbocycles. The van der Waals surface area contributed by atoms with Gasteiger partial charge < -0.3 is 9.87 Å². The Balaban J connectivity index is 1.79. The lowest BCUT2D eigenvalue weighted by Crippen LogP contribution is -2.42. The lowest BCUT2D eigenvalue weighted by molar-refractivity contribution is 0.102. The zero-order valence-corrected chi connectivity index (χ0v) is 18.4. The fourth-order valence-corrected chi connectivity index (χ4v) is 4.17. The molecule has 2 N–H and O–H groups in total. The number of hydrogen-bond donors (Lipinski definition) is 2. The van der Waals surface area contributed by atoms with E-state index in [9.17, 15) is 9.35 Å². The molecule has 1 amide bonds. The number of anilines is 1. The number of carbonyl (C=O) groups is 1. The smallest absolute Gasteiger partial charge is 0.276 e. The van der Waals surface area contributed by atoms with Crippen molar-refractivity contribution in [3.63, 3.8) is 0 Å². The zero-order valence-electron chi connectivity index (χ0n) is 16.0. The molecule has 27 heavy (non-hydrogen) atoms. The second-order valence-corrected chi connectivity index (χ2v) is 10.6. The number of fused-ring (bicyclic) bond motifs is 1. The van der Waals surface area contributed by atoms with Gasteiger partial charge in [-0.3, -0.25) is 9.48 Å². The van der Waals surface area contributed by atoms with E-state index < -0.39 is 11.4 Å². The molecular weight excluding hydrogens is 428 g/mol. The minimum absolute atomic E-state index is 0.0690. The average Bonchev–Trinajstić information content (AvgIpc) is 3.03. The molecule has 0 fully saturated rings. The van der Waals surface area contributed by atoms with Crippen LogP contribution in [0, 0.1) is 6.92 Å². The first kappa shape index (κ1) is 20.4. The van der Waals surface area contributed by atoms with Crippen molar-refractivity contribution in [3.8, 4) is 0 Å². The normalized spacial score (nSPS) is 18.1. The van der Waals surface area contributed by atoms with E-state index in [2.05, 4.69) is 31.1 Å². The summed E-state index contributed by atoms with van der Waals surface area (Å²) in [5, 5.41) is 7.40. The molecule has 0 saturated carbocycles. The molecule has 2 atom stereocenters. The first-order valence-corrected chi connectivity index (χ1v) is 10.9. The summed E-state index contributed by atoms with van der Waals surface area (Å²) < 4.78 is 18.1. The van der Waals surface area contributed by atoms with Gasteiger partial charge in [-0.1, -0.05) is 22.0 Å². The van der Waals surface area contributed by atoms with Crippen LogP contribution in [0.15, 0.2) is 28.7 Å². The molecule has 6 nitrogen and oxygen atoms in total. The summed E-state index contributed by atoms with van der Waals surface area (Å²) in [6.07, 6.45) is 1.80. The van der Waals surface area contributed by atoms with Crippen LogP contribution in [0.5, 0.6) is 0 Å². The summed E-state index contributed by atoms with van der Waals surface area (Å²) in [6, 6.07) is 7.42. The van der Waals surface area contributed by atoms with Crippen molar-refractivity contribution in [3.05, 3.63) is 45.7 Å². The molecule has 1 aromatic heterocycles. The highest BCUT2D eigenvalue weighted by Gasteiger charge is 2.33. The topological polar surface area (TPSA) is 82.0 Å². The summed E-state index contributed by atoms with van der Waals surface area (Å²) in [5.41, 5.74) is 3.01. The quantitative estimate of drug-likeness (QED) is 0.684. The highest BCUT2D eigenvalue weighted by molar-refractivity contribution is 9.10. The van der Waals surface area contributed by atoms with Crippen molar-refractivity contribution in [2.45, 2.75) is 57.9 Å². The molecule has 146 valence electrons. The van der Waals surface area contributed by atoms with Crippen LogP contribution in [0.2, 0.25) is 0 Å². The number of halogens is 1. The standard InChI is InChI=1S/C19H25BrN4O2S/c1-12-13(20)7-5-8-14(12)21-18(25)16-11-17-15(9-6-10-24(17)22-16)23-27(26)19(2,3)4/h5,7-8,11,15,23H,6,9-10H2,1-4H3,(H,21,25)/t15-,27?/m0/s1.